The summed E-state index contributed by atoms with van der Waals surface area (Å²) in [6.07, 6.45) is 19.6. The molecule has 0 aliphatic rings. The first kappa shape index (κ1) is 24.1. The van der Waals surface area contributed by atoms with Gasteiger partial charge in [0.2, 0.25) is 0 Å². The van der Waals surface area contributed by atoms with Crippen molar-refractivity contribution in [3.05, 3.63) is 94.3 Å². The highest BCUT2D eigenvalue weighted by Gasteiger charge is 2.03. The molecule has 0 aliphatic carbocycles. The lowest BCUT2D eigenvalue weighted by Crippen LogP contribution is -2.01. The minimum Gasteiger partial charge on any atom is -0.356 e. The Morgan fingerprint density at radius 1 is 1.17 bits per heavy atom. The minimum atomic E-state index is 0.906. The molecule has 0 atom stereocenters. The first-order valence-corrected chi connectivity index (χ1v) is 10.2. The van der Waals surface area contributed by atoms with Gasteiger partial charge in [-0.05, 0) is 92.2 Å². The Balaban J connectivity index is 3.04. The Bertz CT molecular complexity index is 908. The smallest absolute Gasteiger partial charge is 0.0390 e. The summed E-state index contributed by atoms with van der Waals surface area (Å²) in [7, 11) is 0. The van der Waals surface area contributed by atoms with Crippen molar-refractivity contribution in [1.29, 1.82) is 0 Å². The van der Waals surface area contributed by atoms with E-state index in [1.807, 2.05) is 6.08 Å². The van der Waals surface area contributed by atoms with Gasteiger partial charge in [0.25, 0.3) is 0 Å². The number of hydrogen-bond donors (Lipinski definition) is 1. The van der Waals surface area contributed by atoms with Gasteiger partial charge in [0.1, 0.15) is 0 Å². The molecule has 0 unspecified atom stereocenters. The number of anilines is 1. The second-order valence-electron chi connectivity index (χ2n) is 7.19. The lowest BCUT2D eigenvalue weighted by molar-refractivity contribution is 1.11. The average Bonchev–Trinajstić information content (AvgIpc) is 2.71. The molecule has 152 valence electrons. The van der Waals surface area contributed by atoms with Crippen molar-refractivity contribution in [3.63, 3.8) is 0 Å². The SMILES string of the molecule is C#C\C=C/C(C)=C(C)/C(C)=C/C=C(\CC)C(=C)Nc1ccc(C)c(/C=C\CC)c1. The summed E-state index contributed by atoms with van der Waals surface area (Å²) in [5.74, 6) is 2.54. The molecule has 0 aromatic heterocycles. The zero-order chi connectivity index (χ0) is 21.8. The third kappa shape index (κ3) is 7.88. The number of terminal acetylenes is 1. The molecular weight excluding hydrogens is 350 g/mol. The molecule has 1 nitrogen and oxygen atoms in total. The number of benzene rings is 1. The molecule has 0 spiro atoms. The van der Waals surface area contributed by atoms with E-state index in [1.54, 1.807) is 6.08 Å². The largest absolute Gasteiger partial charge is 0.356 e. The van der Waals surface area contributed by atoms with Crippen LogP contribution in [0.1, 0.15) is 58.6 Å². The minimum absolute atomic E-state index is 0.906. The molecule has 0 saturated carbocycles. The van der Waals surface area contributed by atoms with Crippen molar-refractivity contribution in [3.8, 4) is 12.3 Å². The maximum Gasteiger partial charge on any atom is 0.0390 e. The van der Waals surface area contributed by atoms with Crippen molar-refractivity contribution in [2.24, 2.45) is 0 Å². The molecule has 0 saturated heterocycles. The van der Waals surface area contributed by atoms with Crippen LogP contribution in [0.2, 0.25) is 0 Å². The lowest BCUT2D eigenvalue weighted by atomic mass is 10.0. The van der Waals surface area contributed by atoms with Gasteiger partial charge in [-0.2, -0.15) is 0 Å². The molecule has 1 aromatic carbocycles. The fourth-order valence-electron chi connectivity index (χ4n) is 2.79. The van der Waals surface area contributed by atoms with Crippen molar-refractivity contribution >= 4 is 11.8 Å². The van der Waals surface area contributed by atoms with E-state index in [2.05, 4.69) is 102 Å². The van der Waals surface area contributed by atoms with Crippen LogP contribution in [0.5, 0.6) is 0 Å². The molecule has 0 radical (unpaired) electrons. The van der Waals surface area contributed by atoms with Crippen LogP contribution in [0.3, 0.4) is 0 Å². The second kappa shape index (κ2) is 12.5. The summed E-state index contributed by atoms with van der Waals surface area (Å²) in [6, 6.07) is 6.42. The predicted octanol–water partition coefficient (Wildman–Crippen LogP) is 8.15. The molecule has 0 aliphatic heterocycles. The van der Waals surface area contributed by atoms with Crippen LogP contribution in [-0.2, 0) is 0 Å². The second-order valence-corrected chi connectivity index (χ2v) is 7.19. The monoisotopic (exact) mass is 385 g/mol. The van der Waals surface area contributed by atoms with Crippen LogP contribution >= 0.6 is 0 Å². The van der Waals surface area contributed by atoms with Crippen LogP contribution < -0.4 is 5.32 Å². The lowest BCUT2D eigenvalue weighted by Gasteiger charge is -2.14. The van der Waals surface area contributed by atoms with Crippen molar-refractivity contribution in [2.75, 3.05) is 5.32 Å². The first-order chi connectivity index (χ1) is 13.8. The molecule has 1 aromatic rings. The first-order valence-electron chi connectivity index (χ1n) is 10.2. The van der Waals surface area contributed by atoms with Gasteiger partial charge in [0.15, 0.2) is 0 Å². The highest BCUT2D eigenvalue weighted by Crippen LogP contribution is 2.22. The number of allylic oxidation sites excluding steroid dienone is 9. The van der Waals surface area contributed by atoms with Crippen LogP contribution in [0.4, 0.5) is 5.69 Å². The Morgan fingerprint density at radius 3 is 2.52 bits per heavy atom. The Labute approximate surface area is 178 Å². The molecule has 1 rings (SSSR count). The zero-order valence-electron chi connectivity index (χ0n) is 18.9. The zero-order valence-corrected chi connectivity index (χ0v) is 18.9. The molecule has 1 N–H and O–H groups in total. The van der Waals surface area contributed by atoms with Gasteiger partial charge < -0.3 is 5.32 Å². The fourth-order valence-corrected chi connectivity index (χ4v) is 2.79. The summed E-state index contributed by atoms with van der Waals surface area (Å²) in [5.41, 5.74) is 9.29. The topological polar surface area (TPSA) is 12.0 Å². The molecular formula is C28H35N. The van der Waals surface area contributed by atoms with E-state index in [0.717, 1.165) is 24.2 Å². The standard InChI is InChI=1S/C28H35N/c1-9-12-14-21(4)24(7)22(5)16-18-26(11-3)25(8)29-28-19-17-23(6)27(20-28)15-13-10-2/h1,12-20,29H,8,10-11H2,2-7H3/b14-12-,15-13-,22-16+,24-21+,26-18+. The summed E-state index contributed by atoms with van der Waals surface area (Å²) in [5, 5.41) is 3.47. The van der Waals surface area contributed by atoms with E-state index in [4.69, 9.17) is 6.42 Å². The Morgan fingerprint density at radius 2 is 1.90 bits per heavy atom. The molecule has 0 fully saturated rings. The molecule has 0 bridgehead atoms. The van der Waals surface area contributed by atoms with Gasteiger partial charge >= 0.3 is 0 Å². The van der Waals surface area contributed by atoms with E-state index in [9.17, 15) is 0 Å². The van der Waals surface area contributed by atoms with Gasteiger partial charge in [-0.3, -0.25) is 0 Å². The van der Waals surface area contributed by atoms with Crippen molar-refractivity contribution in [1.82, 2.24) is 0 Å². The maximum atomic E-state index is 5.30. The molecule has 0 heterocycles. The quantitative estimate of drug-likeness (QED) is 0.334. The summed E-state index contributed by atoms with van der Waals surface area (Å²) < 4.78 is 0. The van der Waals surface area contributed by atoms with Gasteiger partial charge in [0, 0.05) is 11.4 Å². The van der Waals surface area contributed by atoms with Crippen molar-refractivity contribution < 1.29 is 0 Å². The van der Waals surface area contributed by atoms with E-state index in [0.29, 0.717) is 0 Å². The van der Waals surface area contributed by atoms with Crippen molar-refractivity contribution in [2.45, 2.75) is 54.4 Å². The van der Waals surface area contributed by atoms with Gasteiger partial charge in [0.05, 0.1) is 0 Å². The Hall–Kier alpha value is -2.98. The summed E-state index contributed by atoms with van der Waals surface area (Å²) in [6.45, 7) is 17.0. The third-order valence-corrected chi connectivity index (χ3v) is 5.02. The fraction of sp³-hybridized carbons (Fsp3) is 0.286. The number of nitrogens with one attached hydrogen (secondary N) is 1. The highest BCUT2D eigenvalue weighted by atomic mass is 14.9. The van der Waals surface area contributed by atoms with E-state index in [-0.39, 0.29) is 0 Å². The summed E-state index contributed by atoms with van der Waals surface area (Å²) >= 11 is 0. The number of hydrogen-bond acceptors (Lipinski definition) is 1. The summed E-state index contributed by atoms with van der Waals surface area (Å²) in [4.78, 5) is 0. The van der Waals surface area contributed by atoms with Crippen LogP contribution in [-0.4, -0.2) is 0 Å². The number of rotatable bonds is 9. The maximum absolute atomic E-state index is 5.30. The van der Waals surface area contributed by atoms with Crippen LogP contribution in [0.15, 0.2) is 83.1 Å². The van der Waals surface area contributed by atoms with E-state index < -0.39 is 0 Å². The third-order valence-electron chi connectivity index (χ3n) is 5.02. The van der Waals surface area contributed by atoms with Crippen LogP contribution in [0.25, 0.3) is 6.08 Å². The van der Waals surface area contributed by atoms with Gasteiger partial charge in [-0.1, -0.05) is 62.8 Å². The number of aryl methyl sites for hydroxylation is 1. The molecule has 1 heteroatoms. The van der Waals surface area contributed by atoms with E-state index in [1.165, 1.54) is 33.4 Å². The predicted molar refractivity (Wildman–Crippen MR) is 132 cm³/mol. The van der Waals surface area contributed by atoms with Gasteiger partial charge in [-0.15, -0.1) is 6.42 Å². The van der Waals surface area contributed by atoms with E-state index >= 15 is 0 Å². The van der Waals surface area contributed by atoms with Crippen LogP contribution in [0, 0.1) is 19.3 Å². The molecule has 29 heavy (non-hydrogen) atoms. The van der Waals surface area contributed by atoms with Gasteiger partial charge in [-0.25, -0.2) is 0 Å². The highest BCUT2D eigenvalue weighted by molar-refractivity contribution is 5.63. The Kier molecular flexibility index (Phi) is 10.3. The normalized spacial score (nSPS) is 13.6. The molecule has 0 amide bonds. The average molecular weight is 386 g/mol.